The molecule has 2 rings (SSSR count). The van der Waals surface area contributed by atoms with Crippen molar-refractivity contribution in [3.63, 3.8) is 0 Å². The van der Waals surface area contributed by atoms with Gasteiger partial charge in [-0.1, -0.05) is 0 Å². The van der Waals surface area contributed by atoms with Gasteiger partial charge in [0.15, 0.2) is 0 Å². The molecule has 0 atom stereocenters. The number of thiazole rings is 1. The zero-order valence-corrected chi connectivity index (χ0v) is 14.2. The Morgan fingerprint density at radius 1 is 1.32 bits per heavy atom. The van der Waals surface area contributed by atoms with Crippen molar-refractivity contribution < 1.29 is 9.53 Å². The summed E-state index contributed by atoms with van der Waals surface area (Å²) in [5.74, 6) is -0.0340. The van der Waals surface area contributed by atoms with Crippen LogP contribution in [0.5, 0.6) is 0 Å². The van der Waals surface area contributed by atoms with E-state index in [1.165, 1.54) is 11.3 Å². The first kappa shape index (κ1) is 16.5. The lowest BCUT2D eigenvalue weighted by molar-refractivity contribution is -0.115. The molecule has 2 aromatic rings. The number of benzene rings is 1. The SMILES string of the molecule is COCc1nc(C)c(CC(=O)Nc2ccc(N(C)C)cc2)s1. The van der Waals surface area contributed by atoms with Gasteiger partial charge in [0.1, 0.15) is 5.01 Å². The van der Waals surface area contributed by atoms with E-state index < -0.39 is 0 Å². The van der Waals surface area contributed by atoms with Crippen LogP contribution >= 0.6 is 11.3 Å². The fraction of sp³-hybridized carbons (Fsp3) is 0.375. The van der Waals surface area contributed by atoms with Gasteiger partial charge in [0.05, 0.1) is 18.7 Å². The van der Waals surface area contributed by atoms with Crippen LogP contribution in [0, 0.1) is 6.92 Å². The zero-order valence-electron chi connectivity index (χ0n) is 13.3. The van der Waals surface area contributed by atoms with Gasteiger partial charge in [0.25, 0.3) is 0 Å². The van der Waals surface area contributed by atoms with E-state index in [9.17, 15) is 4.79 Å². The first-order chi connectivity index (χ1) is 10.5. The van der Waals surface area contributed by atoms with Crippen LogP contribution in [-0.4, -0.2) is 32.1 Å². The highest BCUT2D eigenvalue weighted by Gasteiger charge is 2.12. The molecule has 0 fully saturated rings. The molecule has 0 unspecified atom stereocenters. The monoisotopic (exact) mass is 319 g/mol. The number of aromatic nitrogens is 1. The fourth-order valence-corrected chi connectivity index (χ4v) is 3.07. The summed E-state index contributed by atoms with van der Waals surface area (Å²) < 4.78 is 5.07. The molecule has 0 saturated heterocycles. The number of methoxy groups -OCH3 is 1. The van der Waals surface area contributed by atoms with Gasteiger partial charge in [0, 0.05) is 37.5 Å². The number of nitrogens with one attached hydrogen (secondary N) is 1. The summed E-state index contributed by atoms with van der Waals surface area (Å²) in [4.78, 5) is 19.5. The molecule has 0 saturated carbocycles. The number of carbonyl (C=O) groups excluding carboxylic acids is 1. The molecule has 1 N–H and O–H groups in total. The van der Waals surface area contributed by atoms with Gasteiger partial charge < -0.3 is 15.0 Å². The van der Waals surface area contributed by atoms with Crippen molar-refractivity contribution in [2.45, 2.75) is 20.0 Å². The maximum absolute atomic E-state index is 12.1. The van der Waals surface area contributed by atoms with E-state index in [0.717, 1.165) is 27.0 Å². The minimum absolute atomic E-state index is 0.0340. The highest BCUT2D eigenvalue weighted by Crippen LogP contribution is 2.20. The molecule has 1 amide bonds. The number of ether oxygens (including phenoxy) is 1. The van der Waals surface area contributed by atoms with E-state index in [4.69, 9.17) is 4.74 Å². The third-order valence-electron chi connectivity index (χ3n) is 3.19. The predicted molar refractivity (Wildman–Crippen MR) is 90.7 cm³/mol. The Balaban J connectivity index is 1.97. The number of amides is 1. The highest BCUT2D eigenvalue weighted by molar-refractivity contribution is 7.11. The van der Waals surface area contributed by atoms with Crippen molar-refractivity contribution in [2.24, 2.45) is 0 Å². The van der Waals surface area contributed by atoms with Crippen LogP contribution in [0.2, 0.25) is 0 Å². The Bertz CT molecular complexity index is 635. The quantitative estimate of drug-likeness (QED) is 0.889. The molecule has 1 aromatic heterocycles. The average molecular weight is 319 g/mol. The van der Waals surface area contributed by atoms with E-state index in [-0.39, 0.29) is 5.91 Å². The Kier molecular flexibility index (Phi) is 5.51. The fourth-order valence-electron chi connectivity index (χ4n) is 2.03. The van der Waals surface area contributed by atoms with Crippen molar-refractivity contribution in [3.05, 3.63) is 39.8 Å². The largest absolute Gasteiger partial charge is 0.378 e. The van der Waals surface area contributed by atoms with Crippen LogP contribution in [0.3, 0.4) is 0 Å². The molecule has 22 heavy (non-hydrogen) atoms. The van der Waals surface area contributed by atoms with E-state index >= 15 is 0 Å². The molecule has 1 heterocycles. The maximum Gasteiger partial charge on any atom is 0.229 e. The Morgan fingerprint density at radius 2 is 2.00 bits per heavy atom. The lowest BCUT2D eigenvalue weighted by atomic mass is 10.2. The smallest absolute Gasteiger partial charge is 0.229 e. The molecular formula is C16H21N3O2S. The zero-order chi connectivity index (χ0) is 16.1. The molecule has 6 heteroatoms. The summed E-state index contributed by atoms with van der Waals surface area (Å²) in [6, 6.07) is 7.76. The van der Waals surface area contributed by atoms with Gasteiger partial charge in [-0.3, -0.25) is 4.79 Å². The van der Waals surface area contributed by atoms with Crippen LogP contribution in [0.4, 0.5) is 11.4 Å². The van der Waals surface area contributed by atoms with Crippen LogP contribution in [-0.2, 0) is 22.6 Å². The van der Waals surface area contributed by atoms with Crippen molar-refractivity contribution in [1.82, 2.24) is 4.98 Å². The molecule has 0 spiro atoms. The molecule has 0 bridgehead atoms. The molecule has 1 aromatic carbocycles. The van der Waals surface area contributed by atoms with Crippen LogP contribution < -0.4 is 10.2 Å². The summed E-state index contributed by atoms with van der Waals surface area (Å²) in [7, 11) is 5.61. The third-order valence-corrected chi connectivity index (χ3v) is 4.32. The summed E-state index contributed by atoms with van der Waals surface area (Å²) in [6.45, 7) is 2.41. The molecular weight excluding hydrogens is 298 g/mol. The van der Waals surface area contributed by atoms with Gasteiger partial charge in [-0.25, -0.2) is 4.98 Å². The molecule has 0 radical (unpaired) electrons. The predicted octanol–water partition coefficient (Wildman–Crippen LogP) is 2.85. The number of carbonyl (C=O) groups is 1. The topological polar surface area (TPSA) is 54.5 Å². The first-order valence-corrected chi connectivity index (χ1v) is 7.82. The Hall–Kier alpha value is -1.92. The minimum Gasteiger partial charge on any atom is -0.378 e. The highest BCUT2D eigenvalue weighted by atomic mass is 32.1. The lowest BCUT2D eigenvalue weighted by Crippen LogP contribution is -2.14. The van der Waals surface area contributed by atoms with Gasteiger partial charge >= 0.3 is 0 Å². The van der Waals surface area contributed by atoms with Crippen molar-refractivity contribution in [2.75, 3.05) is 31.4 Å². The second-order valence-corrected chi connectivity index (χ2v) is 6.38. The lowest BCUT2D eigenvalue weighted by Gasteiger charge is -2.13. The first-order valence-electron chi connectivity index (χ1n) is 7.01. The van der Waals surface area contributed by atoms with Crippen molar-refractivity contribution in [1.29, 1.82) is 0 Å². The van der Waals surface area contributed by atoms with E-state index in [2.05, 4.69) is 10.3 Å². The van der Waals surface area contributed by atoms with Gasteiger partial charge in [0.2, 0.25) is 5.91 Å². The molecule has 0 aliphatic carbocycles. The molecule has 0 aliphatic rings. The molecule has 0 aliphatic heterocycles. The summed E-state index contributed by atoms with van der Waals surface area (Å²) in [5.41, 5.74) is 2.80. The van der Waals surface area contributed by atoms with Gasteiger partial charge in [-0.2, -0.15) is 0 Å². The second kappa shape index (κ2) is 7.38. The van der Waals surface area contributed by atoms with E-state index in [0.29, 0.717) is 13.0 Å². The van der Waals surface area contributed by atoms with E-state index in [1.54, 1.807) is 7.11 Å². The number of nitrogens with zero attached hydrogens (tertiary/aromatic N) is 2. The second-order valence-electron chi connectivity index (χ2n) is 5.22. The normalized spacial score (nSPS) is 10.5. The average Bonchev–Trinajstić information content (AvgIpc) is 2.79. The number of aryl methyl sites for hydroxylation is 1. The van der Waals surface area contributed by atoms with E-state index in [1.807, 2.05) is 50.2 Å². The Morgan fingerprint density at radius 3 is 2.59 bits per heavy atom. The number of anilines is 2. The minimum atomic E-state index is -0.0340. The van der Waals surface area contributed by atoms with Crippen LogP contribution in [0.1, 0.15) is 15.6 Å². The van der Waals surface area contributed by atoms with Gasteiger partial charge in [-0.15, -0.1) is 11.3 Å². The standard InChI is InChI=1S/C16H21N3O2S/c1-11-14(22-16(17-11)10-21-4)9-15(20)18-12-5-7-13(8-6-12)19(2)3/h5-8H,9-10H2,1-4H3,(H,18,20). The number of hydrogen-bond donors (Lipinski definition) is 1. The summed E-state index contributed by atoms with van der Waals surface area (Å²) in [5, 5.41) is 3.82. The maximum atomic E-state index is 12.1. The number of rotatable bonds is 6. The van der Waals surface area contributed by atoms with Crippen molar-refractivity contribution >= 4 is 28.6 Å². The summed E-state index contributed by atoms with van der Waals surface area (Å²) >= 11 is 1.53. The number of hydrogen-bond acceptors (Lipinski definition) is 5. The molecule has 5 nitrogen and oxygen atoms in total. The summed E-state index contributed by atoms with van der Waals surface area (Å²) in [6.07, 6.45) is 0.336. The molecule has 118 valence electrons. The Labute approximate surface area is 134 Å². The van der Waals surface area contributed by atoms with Crippen LogP contribution in [0.25, 0.3) is 0 Å². The van der Waals surface area contributed by atoms with Gasteiger partial charge in [-0.05, 0) is 31.2 Å². The third kappa shape index (κ3) is 4.29. The van der Waals surface area contributed by atoms with Crippen LogP contribution in [0.15, 0.2) is 24.3 Å². The van der Waals surface area contributed by atoms with Crippen molar-refractivity contribution in [3.8, 4) is 0 Å².